The molecule has 0 radical (unpaired) electrons. The number of pyridine rings is 1. The van der Waals surface area contributed by atoms with Gasteiger partial charge in [-0.15, -0.1) is 0 Å². The Kier molecular flexibility index (Phi) is 4.61. The van der Waals surface area contributed by atoms with E-state index in [1.54, 1.807) is 39.1 Å². The van der Waals surface area contributed by atoms with Crippen molar-refractivity contribution in [2.24, 2.45) is 0 Å². The van der Waals surface area contributed by atoms with Crippen LogP contribution in [0.15, 0.2) is 36.5 Å². The van der Waals surface area contributed by atoms with Crippen LogP contribution in [0, 0.1) is 5.82 Å². The maximum Gasteiger partial charge on any atom is 0.407 e. The van der Waals surface area contributed by atoms with E-state index in [1.807, 2.05) is 6.07 Å². The first kappa shape index (κ1) is 17.2. The van der Waals surface area contributed by atoms with Crippen LogP contribution in [0.1, 0.15) is 37.9 Å². The molecule has 0 unspecified atom stereocenters. The molecule has 0 saturated carbocycles. The fourth-order valence-electron chi connectivity index (χ4n) is 2.77. The lowest BCUT2D eigenvalue weighted by molar-refractivity contribution is 0.0524. The quantitative estimate of drug-likeness (QED) is 0.888. The first-order chi connectivity index (χ1) is 11.8. The molecule has 132 valence electrons. The average molecular weight is 344 g/mol. The maximum absolute atomic E-state index is 13.8. The van der Waals surface area contributed by atoms with Crippen LogP contribution in [0.25, 0.3) is 0 Å². The Bertz CT molecular complexity index is 786. The van der Waals surface area contributed by atoms with Gasteiger partial charge in [-0.2, -0.15) is 0 Å². The number of hydrogen-bond donors (Lipinski definition) is 1. The second-order valence-corrected chi connectivity index (χ2v) is 7.02. The van der Waals surface area contributed by atoms with E-state index in [9.17, 15) is 9.18 Å². The molecule has 1 atom stereocenters. The molecule has 2 heterocycles. The highest BCUT2D eigenvalue weighted by molar-refractivity contribution is 5.67. The van der Waals surface area contributed by atoms with E-state index >= 15 is 0 Å². The molecule has 3 rings (SSSR count). The topological polar surface area (TPSA) is 60.5 Å². The van der Waals surface area contributed by atoms with Crippen molar-refractivity contribution in [3.63, 3.8) is 0 Å². The Morgan fingerprint density at radius 3 is 2.92 bits per heavy atom. The number of carbonyl (C=O) groups is 1. The van der Waals surface area contributed by atoms with E-state index in [1.165, 1.54) is 12.1 Å². The minimum Gasteiger partial charge on any atom is -0.455 e. The van der Waals surface area contributed by atoms with Gasteiger partial charge in [0.15, 0.2) is 0 Å². The van der Waals surface area contributed by atoms with Crippen LogP contribution in [0.5, 0.6) is 11.5 Å². The summed E-state index contributed by atoms with van der Waals surface area (Å²) in [5.74, 6) is 0.706. The highest BCUT2D eigenvalue weighted by Gasteiger charge is 2.26. The summed E-state index contributed by atoms with van der Waals surface area (Å²) in [7, 11) is 0. The van der Waals surface area contributed by atoms with Gasteiger partial charge in [-0.05, 0) is 51.1 Å². The van der Waals surface area contributed by atoms with Gasteiger partial charge in [0, 0.05) is 30.6 Å². The van der Waals surface area contributed by atoms with Gasteiger partial charge in [0.25, 0.3) is 0 Å². The second-order valence-electron chi connectivity index (χ2n) is 7.02. The normalized spacial score (nSPS) is 16.1. The summed E-state index contributed by atoms with van der Waals surface area (Å²) in [6.45, 7) is 5.70. The molecular weight excluding hydrogens is 323 g/mol. The lowest BCUT2D eigenvalue weighted by Gasteiger charge is -2.22. The van der Waals surface area contributed by atoms with Crippen LogP contribution >= 0.6 is 0 Å². The highest BCUT2D eigenvalue weighted by Crippen LogP contribution is 2.38. The molecule has 1 aliphatic rings. The number of benzene rings is 1. The Labute approximate surface area is 146 Å². The molecule has 5 nitrogen and oxygen atoms in total. The fourth-order valence-corrected chi connectivity index (χ4v) is 2.77. The molecule has 2 aromatic rings. The molecule has 0 bridgehead atoms. The van der Waals surface area contributed by atoms with Crippen molar-refractivity contribution in [2.45, 2.75) is 38.7 Å². The number of ether oxygens (including phenoxy) is 2. The number of halogens is 1. The SMILES string of the molecule is CC(C)(C)OC(=O)NC[C@@H]1Cc2ncccc2Oc2ccc(F)cc21. The molecule has 1 amide bonds. The van der Waals surface area contributed by atoms with E-state index in [4.69, 9.17) is 9.47 Å². The van der Waals surface area contributed by atoms with Crippen molar-refractivity contribution < 1.29 is 18.7 Å². The molecule has 0 saturated heterocycles. The number of nitrogens with zero attached hydrogens (tertiary/aromatic N) is 1. The monoisotopic (exact) mass is 344 g/mol. The van der Waals surface area contributed by atoms with Gasteiger partial charge in [0.05, 0.1) is 5.69 Å². The standard InChI is InChI=1S/C19H21FN2O3/c1-19(2,3)25-18(23)22-11-12-9-15-17(5-4-8-21-15)24-16-7-6-13(20)10-14(12)16/h4-8,10,12H,9,11H2,1-3H3,(H,22,23)/t12-/m0/s1. The Hall–Kier alpha value is -2.63. The number of aromatic nitrogens is 1. The Morgan fingerprint density at radius 1 is 1.36 bits per heavy atom. The lowest BCUT2D eigenvalue weighted by atomic mass is 9.93. The number of carbonyl (C=O) groups excluding carboxylic acids is 1. The molecule has 1 aliphatic heterocycles. The van der Waals surface area contributed by atoms with Gasteiger partial charge in [0.1, 0.15) is 22.9 Å². The molecule has 25 heavy (non-hydrogen) atoms. The number of nitrogens with one attached hydrogen (secondary N) is 1. The van der Waals surface area contributed by atoms with E-state index in [0.717, 1.165) is 5.69 Å². The van der Waals surface area contributed by atoms with Crippen LogP contribution in [0.4, 0.5) is 9.18 Å². The molecule has 6 heteroatoms. The number of fused-ring (bicyclic) bond motifs is 2. The predicted molar refractivity (Wildman–Crippen MR) is 91.4 cm³/mol. The van der Waals surface area contributed by atoms with Gasteiger partial charge < -0.3 is 14.8 Å². The summed E-state index contributed by atoms with van der Waals surface area (Å²) in [5.41, 5.74) is 0.901. The summed E-state index contributed by atoms with van der Waals surface area (Å²) < 4.78 is 24.9. The fraction of sp³-hybridized carbons (Fsp3) is 0.368. The number of amides is 1. The smallest absolute Gasteiger partial charge is 0.407 e. The van der Waals surface area contributed by atoms with Gasteiger partial charge in [-0.3, -0.25) is 4.98 Å². The van der Waals surface area contributed by atoms with E-state index in [-0.39, 0.29) is 11.7 Å². The van der Waals surface area contributed by atoms with Crippen molar-refractivity contribution >= 4 is 6.09 Å². The molecule has 1 N–H and O–H groups in total. The first-order valence-corrected chi connectivity index (χ1v) is 8.20. The van der Waals surface area contributed by atoms with Crippen molar-refractivity contribution in [1.82, 2.24) is 10.3 Å². The van der Waals surface area contributed by atoms with Gasteiger partial charge in [0.2, 0.25) is 0 Å². The summed E-state index contributed by atoms with van der Waals surface area (Å²) in [4.78, 5) is 16.3. The molecule has 0 aliphatic carbocycles. The zero-order chi connectivity index (χ0) is 18.0. The third kappa shape index (κ3) is 4.26. The van der Waals surface area contributed by atoms with Gasteiger partial charge in [-0.1, -0.05) is 0 Å². The maximum atomic E-state index is 13.8. The van der Waals surface area contributed by atoms with Crippen molar-refractivity contribution in [3.8, 4) is 11.5 Å². The van der Waals surface area contributed by atoms with Crippen LogP contribution in [-0.2, 0) is 11.2 Å². The molecule has 0 spiro atoms. The largest absolute Gasteiger partial charge is 0.455 e. The molecule has 1 aromatic heterocycles. The predicted octanol–water partition coefficient (Wildman–Crippen LogP) is 4.18. The van der Waals surface area contributed by atoms with Crippen molar-refractivity contribution in [2.75, 3.05) is 6.54 Å². The number of alkyl carbamates (subject to hydrolysis) is 1. The van der Waals surface area contributed by atoms with Gasteiger partial charge in [-0.25, -0.2) is 9.18 Å². The van der Waals surface area contributed by atoms with Crippen LogP contribution in [-0.4, -0.2) is 23.2 Å². The van der Waals surface area contributed by atoms with Crippen molar-refractivity contribution in [1.29, 1.82) is 0 Å². The minimum atomic E-state index is -0.575. The Balaban J connectivity index is 1.84. The zero-order valence-corrected chi connectivity index (χ0v) is 14.5. The van der Waals surface area contributed by atoms with E-state index < -0.39 is 11.7 Å². The third-order valence-corrected chi connectivity index (χ3v) is 3.81. The highest BCUT2D eigenvalue weighted by atomic mass is 19.1. The second kappa shape index (κ2) is 6.70. The molecule has 0 fully saturated rings. The summed E-state index contributed by atoms with van der Waals surface area (Å²) >= 11 is 0. The molecule has 1 aromatic carbocycles. The van der Waals surface area contributed by atoms with Crippen LogP contribution < -0.4 is 10.1 Å². The lowest BCUT2D eigenvalue weighted by Crippen LogP contribution is -2.35. The zero-order valence-electron chi connectivity index (χ0n) is 14.5. The summed E-state index contributed by atoms with van der Waals surface area (Å²) in [6.07, 6.45) is 1.72. The summed E-state index contributed by atoms with van der Waals surface area (Å²) in [6, 6.07) is 8.04. The third-order valence-electron chi connectivity index (χ3n) is 3.81. The minimum absolute atomic E-state index is 0.172. The van der Waals surface area contributed by atoms with E-state index in [0.29, 0.717) is 30.0 Å². The first-order valence-electron chi connectivity index (χ1n) is 8.20. The Morgan fingerprint density at radius 2 is 2.16 bits per heavy atom. The average Bonchev–Trinajstić information content (AvgIpc) is 2.67. The van der Waals surface area contributed by atoms with Gasteiger partial charge >= 0.3 is 6.09 Å². The molecular formula is C19H21FN2O3. The number of rotatable bonds is 2. The van der Waals surface area contributed by atoms with Crippen molar-refractivity contribution in [3.05, 3.63) is 53.6 Å². The van der Waals surface area contributed by atoms with E-state index in [2.05, 4.69) is 10.3 Å². The number of hydrogen-bond acceptors (Lipinski definition) is 4. The summed E-state index contributed by atoms with van der Waals surface area (Å²) in [5, 5.41) is 2.76. The van der Waals surface area contributed by atoms with Crippen LogP contribution in [0.2, 0.25) is 0 Å². The van der Waals surface area contributed by atoms with Crippen LogP contribution in [0.3, 0.4) is 0 Å².